The molecule has 0 saturated carbocycles. The van der Waals surface area contributed by atoms with Crippen LogP contribution in [0.5, 0.6) is 0 Å². The van der Waals surface area contributed by atoms with Gasteiger partial charge in [0.25, 0.3) is 0 Å². The molecule has 2 N–H and O–H groups in total. The lowest BCUT2D eigenvalue weighted by Gasteiger charge is -2.13. The van der Waals surface area contributed by atoms with Gasteiger partial charge in [0.2, 0.25) is 0 Å². The van der Waals surface area contributed by atoms with E-state index in [1.807, 2.05) is 48.5 Å². The molecule has 0 radical (unpaired) electrons. The van der Waals surface area contributed by atoms with E-state index in [2.05, 4.69) is 0 Å². The van der Waals surface area contributed by atoms with Crippen molar-refractivity contribution >= 4 is 44.3 Å². The summed E-state index contributed by atoms with van der Waals surface area (Å²) in [5.74, 6) is -2.48. The maximum absolute atomic E-state index is 11.9. The van der Waals surface area contributed by atoms with Crippen LogP contribution in [0.3, 0.4) is 0 Å². The van der Waals surface area contributed by atoms with E-state index < -0.39 is 11.9 Å². The van der Waals surface area contributed by atoms with Gasteiger partial charge < -0.3 is 10.2 Å². The van der Waals surface area contributed by atoms with Gasteiger partial charge in [0, 0.05) is 5.39 Å². The third-order valence-electron chi connectivity index (χ3n) is 4.35. The van der Waals surface area contributed by atoms with Crippen molar-refractivity contribution in [2.24, 2.45) is 0 Å². The quantitative estimate of drug-likeness (QED) is 0.532. The zero-order valence-corrected chi connectivity index (χ0v) is 12.5. The molecule has 0 aliphatic carbocycles. The Hall–Kier alpha value is -3.40. The summed E-state index contributed by atoms with van der Waals surface area (Å²) in [6, 6.07) is 18.3. The highest BCUT2D eigenvalue weighted by Crippen LogP contribution is 2.37. The fraction of sp³-hybridized carbons (Fsp3) is 0. The lowest BCUT2D eigenvalue weighted by Crippen LogP contribution is -2.09. The van der Waals surface area contributed by atoms with Crippen LogP contribution in [0, 0.1) is 0 Å². The second-order valence-corrected chi connectivity index (χ2v) is 5.61. The molecule has 4 aromatic rings. The molecular weight excluding hydrogens is 304 g/mol. The van der Waals surface area contributed by atoms with Crippen LogP contribution >= 0.6 is 0 Å². The summed E-state index contributed by atoms with van der Waals surface area (Å²) < 4.78 is 0. The van der Waals surface area contributed by atoms with Gasteiger partial charge in [0.05, 0.1) is 11.1 Å². The molecular formula is C20H12O4. The zero-order chi connectivity index (χ0) is 16.8. The van der Waals surface area contributed by atoms with E-state index >= 15 is 0 Å². The lowest BCUT2D eigenvalue weighted by atomic mass is 9.89. The molecule has 4 nitrogen and oxygen atoms in total. The van der Waals surface area contributed by atoms with Crippen molar-refractivity contribution < 1.29 is 19.8 Å². The molecule has 0 saturated heterocycles. The van der Waals surface area contributed by atoms with Crippen LogP contribution in [-0.4, -0.2) is 22.2 Å². The number of hydrogen-bond acceptors (Lipinski definition) is 2. The third kappa shape index (κ3) is 1.86. The molecule has 4 aromatic carbocycles. The molecule has 0 aliphatic rings. The Morgan fingerprint density at radius 2 is 1.04 bits per heavy atom. The van der Waals surface area contributed by atoms with Crippen molar-refractivity contribution in [2.45, 2.75) is 0 Å². The predicted octanol–water partition coefficient (Wildman–Crippen LogP) is 4.54. The number of carbonyl (C=O) groups is 2. The normalized spacial score (nSPS) is 11.2. The van der Waals surface area contributed by atoms with Crippen molar-refractivity contribution in [2.75, 3.05) is 0 Å². The van der Waals surface area contributed by atoms with Crippen molar-refractivity contribution in [3.05, 3.63) is 71.8 Å². The number of carboxylic acids is 2. The molecule has 0 aliphatic heterocycles. The van der Waals surface area contributed by atoms with Gasteiger partial charge in [-0.2, -0.15) is 0 Å². The average Bonchev–Trinajstić information content (AvgIpc) is 2.60. The molecule has 4 heteroatoms. The highest BCUT2D eigenvalue weighted by molar-refractivity contribution is 6.30. The largest absolute Gasteiger partial charge is 0.478 e. The molecule has 0 bridgehead atoms. The molecule has 24 heavy (non-hydrogen) atoms. The fourth-order valence-corrected chi connectivity index (χ4v) is 3.40. The van der Waals surface area contributed by atoms with Crippen molar-refractivity contribution in [1.82, 2.24) is 0 Å². The van der Waals surface area contributed by atoms with E-state index in [-0.39, 0.29) is 11.1 Å². The minimum Gasteiger partial charge on any atom is -0.478 e. The molecule has 0 atom stereocenters. The second kappa shape index (κ2) is 5.06. The SMILES string of the molecule is O=C(O)c1ccc2c3ccccc3c3ccccc3c2c1C(=O)O. The molecule has 4 rings (SSSR count). The molecule has 0 amide bonds. The molecule has 0 spiro atoms. The summed E-state index contributed by atoms with van der Waals surface area (Å²) in [5, 5.41) is 23.9. The number of hydrogen-bond donors (Lipinski definition) is 2. The Balaban J connectivity index is 2.41. The molecule has 116 valence electrons. The van der Waals surface area contributed by atoms with E-state index in [0.29, 0.717) is 5.39 Å². The van der Waals surface area contributed by atoms with Gasteiger partial charge >= 0.3 is 11.9 Å². The van der Waals surface area contributed by atoms with Crippen LogP contribution in [0.4, 0.5) is 0 Å². The first-order valence-electron chi connectivity index (χ1n) is 7.42. The summed E-state index contributed by atoms with van der Waals surface area (Å²) in [6.45, 7) is 0. The van der Waals surface area contributed by atoms with E-state index in [4.69, 9.17) is 0 Å². The monoisotopic (exact) mass is 316 g/mol. The predicted molar refractivity (Wildman–Crippen MR) is 92.9 cm³/mol. The topological polar surface area (TPSA) is 74.6 Å². The van der Waals surface area contributed by atoms with Crippen LogP contribution in [0.1, 0.15) is 20.7 Å². The van der Waals surface area contributed by atoms with Crippen LogP contribution in [-0.2, 0) is 0 Å². The van der Waals surface area contributed by atoms with Gasteiger partial charge in [-0.3, -0.25) is 0 Å². The van der Waals surface area contributed by atoms with Crippen LogP contribution < -0.4 is 0 Å². The number of benzene rings is 4. The summed E-state index contributed by atoms with van der Waals surface area (Å²) in [5.41, 5.74) is -0.364. The first-order chi connectivity index (χ1) is 11.6. The second-order valence-electron chi connectivity index (χ2n) is 5.61. The fourth-order valence-electron chi connectivity index (χ4n) is 3.40. The van der Waals surface area contributed by atoms with Crippen LogP contribution in [0.15, 0.2) is 60.7 Å². The van der Waals surface area contributed by atoms with Gasteiger partial charge in [0.15, 0.2) is 0 Å². The minimum absolute atomic E-state index is 0.165. The molecule has 0 heterocycles. The van der Waals surface area contributed by atoms with Crippen molar-refractivity contribution in [3.63, 3.8) is 0 Å². The number of carboxylic acid groups (broad SMARTS) is 2. The Morgan fingerprint density at radius 3 is 1.54 bits per heavy atom. The highest BCUT2D eigenvalue weighted by atomic mass is 16.4. The first-order valence-corrected chi connectivity index (χ1v) is 7.42. The van der Waals surface area contributed by atoms with Gasteiger partial charge in [-0.15, -0.1) is 0 Å². The zero-order valence-electron chi connectivity index (χ0n) is 12.5. The first kappa shape index (κ1) is 14.2. The van der Waals surface area contributed by atoms with Crippen molar-refractivity contribution in [3.8, 4) is 0 Å². The number of fused-ring (bicyclic) bond motifs is 6. The summed E-state index contributed by atoms with van der Waals surface area (Å²) in [7, 11) is 0. The van der Waals surface area contributed by atoms with Gasteiger partial charge in [0.1, 0.15) is 0 Å². The average molecular weight is 316 g/mol. The standard InChI is InChI=1S/C20H12O4/c21-19(22)16-10-9-15-13-7-2-1-5-11(13)12-6-3-4-8-14(12)17(15)18(16)20(23)24/h1-10H,(H,21,22)(H,23,24). The van der Waals surface area contributed by atoms with E-state index in [1.165, 1.54) is 6.07 Å². The molecule has 0 aromatic heterocycles. The maximum Gasteiger partial charge on any atom is 0.337 e. The Morgan fingerprint density at radius 1 is 0.583 bits per heavy atom. The molecule has 0 unspecified atom stereocenters. The van der Waals surface area contributed by atoms with Gasteiger partial charge in [-0.1, -0.05) is 54.6 Å². The summed E-state index contributed by atoms with van der Waals surface area (Å²) >= 11 is 0. The van der Waals surface area contributed by atoms with E-state index in [1.54, 1.807) is 6.07 Å². The van der Waals surface area contributed by atoms with Gasteiger partial charge in [-0.25, -0.2) is 9.59 Å². The van der Waals surface area contributed by atoms with Crippen LogP contribution in [0.2, 0.25) is 0 Å². The summed E-state index contributed by atoms with van der Waals surface area (Å²) in [6.07, 6.45) is 0. The van der Waals surface area contributed by atoms with Crippen molar-refractivity contribution in [1.29, 1.82) is 0 Å². The third-order valence-corrected chi connectivity index (χ3v) is 4.35. The number of rotatable bonds is 2. The smallest absolute Gasteiger partial charge is 0.337 e. The van der Waals surface area contributed by atoms with E-state index in [9.17, 15) is 19.8 Å². The lowest BCUT2D eigenvalue weighted by molar-refractivity contribution is 0.0653. The summed E-state index contributed by atoms with van der Waals surface area (Å²) in [4.78, 5) is 23.4. The van der Waals surface area contributed by atoms with Gasteiger partial charge in [-0.05, 0) is 33.0 Å². The van der Waals surface area contributed by atoms with E-state index in [0.717, 1.165) is 26.9 Å². The van der Waals surface area contributed by atoms with Crippen LogP contribution in [0.25, 0.3) is 32.3 Å². The Kier molecular flexibility index (Phi) is 3.00. The number of aromatic carboxylic acids is 2. The minimum atomic E-state index is -1.24. The highest BCUT2D eigenvalue weighted by Gasteiger charge is 2.22. The molecule has 0 fully saturated rings. The Labute approximate surface area is 136 Å². The Bertz CT molecular complexity index is 1120. The maximum atomic E-state index is 11.9.